The first kappa shape index (κ1) is 35.4. The number of imidazole rings is 1. The fourth-order valence-corrected chi connectivity index (χ4v) is 7.62. The number of aromatic nitrogens is 2. The van der Waals surface area contributed by atoms with Crippen molar-refractivity contribution in [1.82, 2.24) is 9.55 Å². The summed E-state index contributed by atoms with van der Waals surface area (Å²) in [4.78, 5) is 29.4. The number of carbonyl (C=O) groups excluding carboxylic acids is 2. The van der Waals surface area contributed by atoms with Gasteiger partial charge in [-0.05, 0) is 67.6 Å². The second-order valence-corrected chi connectivity index (χ2v) is 14.0. The highest BCUT2D eigenvalue weighted by atomic mass is 16.7. The van der Waals surface area contributed by atoms with E-state index < -0.39 is 54.0 Å². The predicted molar refractivity (Wildman–Crippen MR) is 170 cm³/mol. The number of nitrogens with zero attached hydrogens (tertiary/aromatic N) is 2. The van der Waals surface area contributed by atoms with Crippen molar-refractivity contribution in [3.63, 3.8) is 0 Å². The van der Waals surface area contributed by atoms with Crippen LogP contribution in [-0.4, -0.2) is 94.1 Å². The number of ether oxygens (including phenoxy) is 6. The molecule has 0 radical (unpaired) electrons. The fourth-order valence-electron chi connectivity index (χ4n) is 7.62. The van der Waals surface area contributed by atoms with Crippen LogP contribution < -0.4 is 0 Å². The minimum absolute atomic E-state index is 0.0425. The van der Waals surface area contributed by atoms with E-state index >= 15 is 0 Å². The van der Waals surface area contributed by atoms with Crippen LogP contribution in [0.2, 0.25) is 0 Å². The lowest BCUT2D eigenvalue weighted by molar-refractivity contribution is -0.277. The van der Waals surface area contributed by atoms with Gasteiger partial charge in [0.25, 0.3) is 0 Å². The quantitative estimate of drug-likeness (QED) is 0.229. The summed E-state index contributed by atoms with van der Waals surface area (Å²) in [7, 11) is 3.42. The molecule has 1 unspecified atom stereocenters. The zero-order valence-corrected chi connectivity index (χ0v) is 28.4. The number of fused-ring (bicyclic) bond motifs is 3. The summed E-state index contributed by atoms with van der Waals surface area (Å²) in [5.74, 6) is -1.19. The Kier molecular flexibility index (Phi) is 10.8. The van der Waals surface area contributed by atoms with E-state index in [0.717, 1.165) is 12.8 Å². The van der Waals surface area contributed by atoms with Crippen LogP contribution in [0.15, 0.2) is 42.4 Å². The molecule has 0 amide bonds. The van der Waals surface area contributed by atoms with Crippen LogP contribution in [0.5, 0.6) is 0 Å². The molecule has 12 heteroatoms. The van der Waals surface area contributed by atoms with Crippen molar-refractivity contribution < 1.29 is 48.2 Å². The molecule has 11 atom stereocenters. The zero-order chi connectivity index (χ0) is 34.1. The number of esters is 2. The molecule has 1 saturated carbocycles. The molecule has 2 bridgehead atoms. The maximum atomic E-state index is 13.3. The largest absolute Gasteiger partial charge is 0.456 e. The number of methoxy groups -OCH3 is 1. The van der Waals surface area contributed by atoms with Crippen LogP contribution in [0.1, 0.15) is 59.6 Å². The lowest BCUT2D eigenvalue weighted by Gasteiger charge is -2.45. The summed E-state index contributed by atoms with van der Waals surface area (Å²) in [5.41, 5.74) is 0.294. The fraction of sp³-hybridized carbons (Fsp3) is 0.686. The van der Waals surface area contributed by atoms with E-state index in [1.807, 2.05) is 32.3 Å². The van der Waals surface area contributed by atoms with E-state index in [1.165, 1.54) is 13.0 Å². The van der Waals surface area contributed by atoms with E-state index in [4.69, 9.17) is 28.4 Å². The Morgan fingerprint density at radius 3 is 2.64 bits per heavy atom. The van der Waals surface area contributed by atoms with Gasteiger partial charge in [-0.1, -0.05) is 33.3 Å². The van der Waals surface area contributed by atoms with Gasteiger partial charge in [-0.25, -0.2) is 9.78 Å². The van der Waals surface area contributed by atoms with Crippen LogP contribution in [0, 0.1) is 29.6 Å². The van der Waals surface area contributed by atoms with E-state index in [9.17, 15) is 19.8 Å². The molecule has 5 rings (SSSR count). The van der Waals surface area contributed by atoms with Gasteiger partial charge in [0.2, 0.25) is 5.79 Å². The lowest BCUT2D eigenvalue weighted by atomic mass is 9.61. The van der Waals surface area contributed by atoms with Gasteiger partial charge in [0.05, 0.1) is 25.2 Å². The second kappa shape index (κ2) is 14.3. The molecule has 1 aromatic heterocycles. The number of rotatable bonds is 9. The third-order valence-corrected chi connectivity index (χ3v) is 10.3. The van der Waals surface area contributed by atoms with Crippen LogP contribution in [0.3, 0.4) is 0 Å². The Bertz CT molecular complexity index is 1370. The summed E-state index contributed by atoms with van der Waals surface area (Å²) in [6.45, 7) is 9.61. The van der Waals surface area contributed by atoms with E-state index in [-0.39, 0.29) is 25.0 Å². The van der Waals surface area contributed by atoms with Gasteiger partial charge in [-0.15, -0.1) is 0 Å². The van der Waals surface area contributed by atoms with Gasteiger partial charge in [0, 0.05) is 38.9 Å². The van der Waals surface area contributed by atoms with Crippen molar-refractivity contribution in [3.05, 3.63) is 48.1 Å². The molecule has 260 valence electrons. The molecule has 4 aliphatic rings. The van der Waals surface area contributed by atoms with Gasteiger partial charge in [0.1, 0.15) is 23.9 Å². The molecular weight excluding hydrogens is 608 g/mol. The van der Waals surface area contributed by atoms with E-state index in [2.05, 4.69) is 31.8 Å². The van der Waals surface area contributed by atoms with Crippen molar-refractivity contribution in [1.29, 1.82) is 0 Å². The minimum Gasteiger partial charge on any atom is -0.456 e. The molecule has 47 heavy (non-hydrogen) atoms. The average Bonchev–Trinajstić information content (AvgIpc) is 3.61. The van der Waals surface area contributed by atoms with E-state index in [1.54, 1.807) is 24.1 Å². The third-order valence-electron chi connectivity index (χ3n) is 10.3. The number of aryl methyl sites for hydroxylation is 1. The van der Waals surface area contributed by atoms with Crippen molar-refractivity contribution >= 4 is 18.0 Å². The van der Waals surface area contributed by atoms with Gasteiger partial charge in [-0.3, -0.25) is 4.79 Å². The normalized spacial score (nSPS) is 39.9. The Hall–Kier alpha value is -2.87. The molecular formula is C35H50N2O10. The summed E-state index contributed by atoms with van der Waals surface area (Å²) in [6, 6.07) is 0. The van der Waals surface area contributed by atoms with Crippen molar-refractivity contribution in [2.24, 2.45) is 36.6 Å². The monoisotopic (exact) mass is 658 g/mol. The number of hydrogen-bond acceptors (Lipinski definition) is 11. The summed E-state index contributed by atoms with van der Waals surface area (Å²) in [5, 5.41) is 20.8. The summed E-state index contributed by atoms with van der Waals surface area (Å²) >= 11 is 0. The topological polar surface area (TPSA) is 148 Å². The minimum atomic E-state index is -1.38. The number of hydrogen-bond donors (Lipinski definition) is 2. The van der Waals surface area contributed by atoms with Crippen LogP contribution in [0.4, 0.5) is 0 Å². The standard InChI is InChI=1S/C35H50N2O10/c1-20(2)25-10-8-21(3)26-15-29(46-30(40)11-9-24-16-37(6)19-36-24)34(5)12-13-35(42-7,47-34)23(14-27(25)26)17-43-33-32(45-22(4)38)31(41)28(39)18-44-33/h9,11-14,16,19-21,25-29,31-33,39,41H,8,10,15,17-18H2,1-7H3/b11-9+,23-14-/t21-,25+,26-,27+,28+,29-,31+,32-,33?,34-,35+/m0/s1. The molecule has 0 aromatic carbocycles. The molecule has 1 aromatic rings. The highest BCUT2D eigenvalue weighted by Gasteiger charge is 2.54. The Labute approximate surface area is 276 Å². The third kappa shape index (κ3) is 7.58. The Morgan fingerprint density at radius 1 is 1.21 bits per heavy atom. The maximum Gasteiger partial charge on any atom is 0.331 e. The highest BCUT2D eigenvalue weighted by Crippen LogP contribution is 2.51. The highest BCUT2D eigenvalue weighted by molar-refractivity contribution is 5.86. The first-order chi connectivity index (χ1) is 22.2. The molecule has 2 fully saturated rings. The molecule has 1 aliphatic carbocycles. The van der Waals surface area contributed by atoms with Crippen molar-refractivity contribution in [2.75, 3.05) is 20.3 Å². The van der Waals surface area contributed by atoms with E-state index in [0.29, 0.717) is 35.4 Å². The van der Waals surface area contributed by atoms with Gasteiger partial charge in [-0.2, -0.15) is 0 Å². The van der Waals surface area contributed by atoms with Gasteiger partial charge in [0.15, 0.2) is 12.4 Å². The number of allylic oxidation sites excluding steroid dienone is 1. The molecule has 1 saturated heterocycles. The smallest absolute Gasteiger partial charge is 0.331 e. The van der Waals surface area contributed by atoms with Crippen molar-refractivity contribution in [2.45, 2.75) is 96.0 Å². The maximum absolute atomic E-state index is 13.3. The van der Waals surface area contributed by atoms with Crippen molar-refractivity contribution in [3.8, 4) is 0 Å². The van der Waals surface area contributed by atoms with Crippen LogP contribution in [-0.2, 0) is 45.1 Å². The molecule has 2 N–H and O–H groups in total. The van der Waals surface area contributed by atoms with Crippen LogP contribution in [0.25, 0.3) is 6.08 Å². The first-order valence-electron chi connectivity index (χ1n) is 16.5. The average molecular weight is 659 g/mol. The number of aliphatic hydroxyl groups excluding tert-OH is 2. The number of aliphatic hydroxyl groups is 2. The predicted octanol–water partition coefficient (Wildman–Crippen LogP) is 3.32. The molecule has 0 spiro atoms. The molecule has 3 aliphatic heterocycles. The SMILES string of the molecule is CO[C@]12C=C[C@](C)(O1)[C@@H](OC(=O)/C=C/c1cn(C)cn1)C[C@@H]1[C@H](/C=C\2COC2OC[C@@H](O)[C@@H](O)[C@@H]2OC(C)=O)[C@@H](C(C)C)CC[C@@H]1C. The Morgan fingerprint density at radius 2 is 1.98 bits per heavy atom. The lowest BCUT2D eigenvalue weighted by Crippen LogP contribution is -2.55. The van der Waals surface area contributed by atoms with Gasteiger partial charge >= 0.3 is 11.9 Å². The zero-order valence-electron chi connectivity index (χ0n) is 28.4. The summed E-state index contributed by atoms with van der Waals surface area (Å²) in [6.07, 6.45) is 9.47. The molecule has 4 heterocycles. The first-order valence-corrected chi connectivity index (χ1v) is 16.5. The number of carbonyl (C=O) groups is 2. The summed E-state index contributed by atoms with van der Waals surface area (Å²) < 4.78 is 38.2. The molecule has 12 nitrogen and oxygen atoms in total. The second-order valence-electron chi connectivity index (χ2n) is 14.0. The van der Waals surface area contributed by atoms with Gasteiger partial charge < -0.3 is 43.2 Å². The Balaban J connectivity index is 1.48. The van der Waals surface area contributed by atoms with Crippen LogP contribution >= 0.6 is 0 Å².